The number of fused-ring (bicyclic) bond motifs is 1. The lowest BCUT2D eigenvalue weighted by Crippen LogP contribution is -1.90. The fourth-order valence-corrected chi connectivity index (χ4v) is 1.72. The molecule has 1 aromatic heterocycles. The Labute approximate surface area is 90.1 Å². The summed E-state index contributed by atoms with van der Waals surface area (Å²) in [5.74, 6) is 0. The Kier molecular flexibility index (Phi) is 2.59. The first-order chi connectivity index (χ1) is 6.79. The first-order valence-electron chi connectivity index (χ1n) is 4.28. The van der Waals surface area contributed by atoms with Crippen molar-refractivity contribution in [1.82, 2.24) is 4.98 Å². The van der Waals surface area contributed by atoms with Gasteiger partial charge in [-0.3, -0.25) is 4.98 Å². The van der Waals surface area contributed by atoms with Crippen molar-refractivity contribution in [2.45, 2.75) is 6.42 Å². The van der Waals surface area contributed by atoms with Gasteiger partial charge in [-0.15, -0.1) is 0 Å². The van der Waals surface area contributed by atoms with Gasteiger partial charge in [0.25, 0.3) is 0 Å². The monoisotopic (exact) mass is 249 g/mol. The Hall–Kier alpha value is -1.22. The van der Waals surface area contributed by atoms with Crippen molar-refractivity contribution >= 4 is 33.1 Å². The van der Waals surface area contributed by atoms with E-state index in [0.717, 1.165) is 27.4 Å². The summed E-state index contributed by atoms with van der Waals surface area (Å²) in [4.78, 5) is 14.7. The van der Waals surface area contributed by atoms with E-state index in [2.05, 4.69) is 20.9 Å². The van der Waals surface area contributed by atoms with Crippen LogP contribution >= 0.6 is 15.9 Å². The minimum atomic E-state index is 0.381. The fraction of sp³-hybridized carbons (Fsp3) is 0.0909. The van der Waals surface area contributed by atoms with E-state index >= 15 is 0 Å². The smallest absolute Gasteiger partial charge is 0.125 e. The van der Waals surface area contributed by atoms with Crippen molar-refractivity contribution in [3.8, 4) is 0 Å². The van der Waals surface area contributed by atoms with Crippen LogP contribution in [0.2, 0.25) is 0 Å². The molecule has 0 fully saturated rings. The second kappa shape index (κ2) is 3.88. The van der Waals surface area contributed by atoms with Crippen LogP contribution in [0.15, 0.2) is 34.8 Å². The summed E-state index contributed by atoms with van der Waals surface area (Å²) in [5.41, 5.74) is 1.74. The molecule has 2 nitrogen and oxygen atoms in total. The maximum absolute atomic E-state index is 10.3. The molecule has 0 aliphatic rings. The number of carbonyl (C=O) groups is 1. The number of rotatable bonds is 2. The average Bonchev–Trinajstić information content (AvgIpc) is 2.19. The number of halogens is 1. The highest BCUT2D eigenvalue weighted by molar-refractivity contribution is 9.10. The van der Waals surface area contributed by atoms with E-state index in [1.165, 1.54) is 0 Å². The van der Waals surface area contributed by atoms with E-state index in [9.17, 15) is 4.79 Å². The molecule has 0 amide bonds. The van der Waals surface area contributed by atoms with Crippen molar-refractivity contribution in [1.29, 1.82) is 0 Å². The van der Waals surface area contributed by atoms with Gasteiger partial charge >= 0.3 is 0 Å². The molecule has 2 aromatic rings. The highest BCUT2D eigenvalue weighted by Crippen LogP contribution is 2.18. The highest BCUT2D eigenvalue weighted by atomic mass is 79.9. The molecule has 1 heterocycles. The number of pyridine rings is 1. The minimum Gasteiger partial charge on any atom is -0.303 e. The quantitative estimate of drug-likeness (QED) is 0.767. The zero-order valence-corrected chi connectivity index (χ0v) is 8.99. The van der Waals surface area contributed by atoms with Gasteiger partial charge in [-0.2, -0.15) is 0 Å². The SMILES string of the molecule is O=CCc1ccc2cc(Br)ccc2n1. The topological polar surface area (TPSA) is 30.0 Å². The van der Waals surface area contributed by atoms with E-state index in [4.69, 9.17) is 0 Å². The lowest BCUT2D eigenvalue weighted by atomic mass is 10.2. The van der Waals surface area contributed by atoms with Crippen LogP contribution in [-0.4, -0.2) is 11.3 Å². The summed E-state index contributed by atoms with van der Waals surface area (Å²) in [5, 5.41) is 1.08. The molecule has 0 bridgehead atoms. The molecular formula is C11H8BrNO. The van der Waals surface area contributed by atoms with Crippen LogP contribution in [0.5, 0.6) is 0 Å². The predicted molar refractivity (Wildman–Crippen MR) is 59.2 cm³/mol. The molecule has 0 saturated carbocycles. The van der Waals surface area contributed by atoms with Crippen LogP contribution in [-0.2, 0) is 11.2 Å². The molecule has 1 aromatic carbocycles. The molecule has 14 heavy (non-hydrogen) atoms. The summed E-state index contributed by atoms with van der Waals surface area (Å²) >= 11 is 3.40. The van der Waals surface area contributed by atoms with Gasteiger partial charge in [0.1, 0.15) is 6.29 Å². The third kappa shape index (κ3) is 1.82. The summed E-state index contributed by atoms with van der Waals surface area (Å²) in [6.07, 6.45) is 1.25. The zero-order valence-electron chi connectivity index (χ0n) is 7.40. The van der Waals surface area contributed by atoms with E-state index in [-0.39, 0.29) is 0 Å². The van der Waals surface area contributed by atoms with E-state index in [0.29, 0.717) is 6.42 Å². The lowest BCUT2D eigenvalue weighted by Gasteiger charge is -2.00. The minimum absolute atomic E-state index is 0.381. The lowest BCUT2D eigenvalue weighted by molar-refractivity contribution is -0.107. The van der Waals surface area contributed by atoms with Gasteiger partial charge in [-0.25, -0.2) is 0 Å². The van der Waals surface area contributed by atoms with E-state index in [1.807, 2.05) is 30.3 Å². The molecule has 3 heteroatoms. The number of hydrogen-bond donors (Lipinski definition) is 0. The van der Waals surface area contributed by atoms with Gasteiger partial charge in [0.05, 0.1) is 5.52 Å². The number of aromatic nitrogens is 1. The Morgan fingerprint density at radius 2 is 2.14 bits per heavy atom. The van der Waals surface area contributed by atoms with Crippen LogP contribution < -0.4 is 0 Å². The summed E-state index contributed by atoms with van der Waals surface area (Å²) in [6.45, 7) is 0. The Morgan fingerprint density at radius 1 is 1.29 bits per heavy atom. The zero-order chi connectivity index (χ0) is 9.97. The van der Waals surface area contributed by atoms with Crippen molar-refractivity contribution in [2.24, 2.45) is 0 Å². The van der Waals surface area contributed by atoms with E-state index in [1.54, 1.807) is 0 Å². The maximum atomic E-state index is 10.3. The predicted octanol–water partition coefficient (Wildman–Crippen LogP) is 2.74. The molecule has 0 radical (unpaired) electrons. The average molecular weight is 250 g/mol. The maximum Gasteiger partial charge on any atom is 0.125 e. The molecule has 0 N–H and O–H groups in total. The van der Waals surface area contributed by atoms with E-state index < -0.39 is 0 Å². The first-order valence-corrected chi connectivity index (χ1v) is 5.08. The first kappa shape index (κ1) is 9.34. The van der Waals surface area contributed by atoms with Gasteiger partial charge < -0.3 is 4.79 Å². The molecule has 2 rings (SSSR count). The molecule has 0 aliphatic heterocycles. The molecule has 0 atom stereocenters. The summed E-state index contributed by atoms with van der Waals surface area (Å²) in [6, 6.07) is 9.75. The molecule has 0 aliphatic carbocycles. The number of benzene rings is 1. The largest absolute Gasteiger partial charge is 0.303 e. The van der Waals surface area contributed by atoms with Crippen LogP contribution in [0.25, 0.3) is 10.9 Å². The van der Waals surface area contributed by atoms with Gasteiger partial charge in [-0.1, -0.05) is 22.0 Å². The van der Waals surface area contributed by atoms with Gasteiger partial charge in [0.2, 0.25) is 0 Å². The molecule has 0 saturated heterocycles. The second-order valence-electron chi connectivity index (χ2n) is 3.01. The summed E-state index contributed by atoms with van der Waals surface area (Å²) in [7, 11) is 0. The van der Waals surface area contributed by atoms with Crippen LogP contribution in [0.1, 0.15) is 5.69 Å². The standard InChI is InChI=1S/C11H8BrNO/c12-9-2-4-11-8(7-9)1-3-10(13-11)5-6-14/h1-4,6-7H,5H2. The second-order valence-corrected chi connectivity index (χ2v) is 3.93. The van der Waals surface area contributed by atoms with Crippen molar-refractivity contribution < 1.29 is 4.79 Å². The molecular weight excluding hydrogens is 242 g/mol. The van der Waals surface area contributed by atoms with Crippen molar-refractivity contribution in [3.63, 3.8) is 0 Å². The number of hydrogen-bond acceptors (Lipinski definition) is 2. The normalized spacial score (nSPS) is 10.4. The van der Waals surface area contributed by atoms with Crippen LogP contribution in [0.4, 0.5) is 0 Å². The number of nitrogens with zero attached hydrogens (tertiary/aromatic N) is 1. The fourth-order valence-electron chi connectivity index (χ4n) is 1.34. The molecule has 0 spiro atoms. The molecule has 70 valence electrons. The van der Waals surface area contributed by atoms with Gasteiger partial charge in [-0.05, 0) is 24.3 Å². The number of aldehydes is 1. The highest BCUT2D eigenvalue weighted by Gasteiger charge is 1.98. The van der Waals surface area contributed by atoms with Crippen LogP contribution in [0, 0.1) is 0 Å². The third-order valence-electron chi connectivity index (χ3n) is 2.00. The third-order valence-corrected chi connectivity index (χ3v) is 2.49. The van der Waals surface area contributed by atoms with Gasteiger partial charge in [0, 0.05) is 22.0 Å². The van der Waals surface area contributed by atoms with Crippen molar-refractivity contribution in [3.05, 3.63) is 40.5 Å². The summed E-state index contributed by atoms with van der Waals surface area (Å²) < 4.78 is 1.04. The molecule has 0 unspecified atom stereocenters. The Balaban J connectivity index is 2.55. The van der Waals surface area contributed by atoms with Gasteiger partial charge in [0.15, 0.2) is 0 Å². The van der Waals surface area contributed by atoms with Crippen LogP contribution in [0.3, 0.4) is 0 Å². The Morgan fingerprint density at radius 3 is 2.93 bits per heavy atom. The van der Waals surface area contributed by atoms with Crippen molar-refractivity contribution in [2.75, 3.05) is 0 Å². The Bertz CT molecular complexity index is 482. The number of carbonyl (C=O) groups excluding carboxylic acids is 1.